The topological polar surface area (TPSA) is 38.3 Å². The summed E-state index contributed by atoms with van der Waals surface area (Å²) in [4.78, 5) is 12.0. The summed E-state index contributed by atoms with van der Waals surface area (Å²) in [5.41, 5.74) is 2.16. The molecule has 0 bridgehead atoms. The van der Waals surface area contributed by atoms with Gasteiger partial charge in [0.25, 0.3) is 5.91 Å². The van der Waals surface area contributed by atoms with E-state index in [-0.39, 0.29) is 5.91 Å². The van der Waals surface area contributed by atoms with Gasteiger partial charge in [0.05, 0.1) is 6.61 Å². The van der Waals surface area contributed by atoms with E-state index in [4.69, 9.17) is 4.74 Å². The fourth-order valence-electron chi connectivity index (χ4n) is 1.89. The second-order valence-electron chi connectivity index (χ2n) is 3.93. The molecule has 1 aliphatic heterocycles. The minimum absolute atomic E-state index is 0.113. The van der Waals surface area contributed by atoms with Crippen molar-refractivity contribution in [3.8, 4) is 0 Å². The highest BCUT2D eigenvalue weighted by molar-refractivity contribution is 9.11. The van der Waals surface area contributed by atoms with Crippen LogP contribution >= 0.6 is 15.9 Å². The molecule has 17 heavy (non-hydrogen) atoms. The van der Waals surface area contributed by atoms with Gasteiger partial charge in [0.15, 0.2) is 6.10 Å². The van der Waals surface area contributed by atoms with Gasteiger partial charge in [-0.3, -0.25) is 4.79 Å². The molecular formula is C13H14BrNO2. The van der Waals surface area contributed by atoms with Crippen LogP contribution in [0.3, 0.4) is 0 Å². The number of carbonyl (C=O) groups is 1. The number of rotatable bonds is 3. The molecule has 1 heterocycles. The first-order valence-electron chi connectivity index (χ1n) is 5.49. The number of halogens is 1. The average Bonchev–Trinajstić information content (AvgIpc) is 2.35. The van der Waals surface area contributed by atoms with Crippen LogP contribution in [0, 0.1) is 0 Å². The summed E-state index contributed by atoms with van der Waals surface area (Å²) in [5, 5.41) is 2.78. The molecular weight excluding hydrogens is 282 g/mol. The molecule has 1 unspecified atom stereocenters. The standard InChI is InChI=1S/C13H14BrNO2/c1-9(14)8-15-13(16)12-11-5-3-2-4-10(11)6-7-17-12/h2-5,12H,1,6-8H2,(H,15,16). The quantitative estimate of drug-likeness (QED) is 0.929. The third-order valence-corrected chi connectivity index (χ3v) is 2.97. The highest BCUT2D eigenvalue weighted by Crippen LogP contribution is 2.26. The number of nitrogens with one attached hydrogen (secondary N) is 1. The van der Waals surface area contributed by atoms with Crippen molar-refractivity contribution in [3.05, 3.63) is 46.5 Å². The van der Waals surface area contributed by atoms with E-state index < -0.39 is 6.10 Å². The zero-order chi connectivity index (χ0) is 12.3. The Morgan fingerprint density at radius 3 is 3.06 bits per heavy atom. The number of hydrogen-bond donors (Lipinski definition) is 1. The van der Waals surface area contributed by atoms with Gasteiger partial charge in [-0.1, -0.05) is 46.8 Å². The van der Waals surface area contributed by atoms with E-state index >= 15 is 0 Å². The van der Waals surface area contributed by atoms with Crippen molar-refractivity contribution in [2.45, 2.75) is 12.5 Å². The highest BCUT2D eigenvalue weighted by Gasteiger charge is 2.26. The van der Waals surface area contributed by atoms with Crippen LogP contribution < -0.4 is 5.32 Å². The molecule has 2 rings (SSSR count). The molecule has 1 aromatic rings. The minimum Gasteiger partial charge on any atom is -0.363 e. The first-order valence-corrected chi connectivity index (χ1v) is 6.28. The lowest BCUT2D eigenvalue weighted by molar-refractivity contribution is -0.133. The summed E-state index contributed by atoms with van der Waals surface area (Å²) in [6.45, 7) is 4.68. The van der Waals surface area contributed by atoms with Gasteiger partial charge in [-0.15, -0.1) is 0 Å². The van der Waals surface area contributed by atoms with E-state index in [0.717, 1.165) is 16.5 Å². The zero-order valence-electron chi connectivity index (χ0n) is 9.41. The summed E-state index contributed by atoms with van der Waals surface area (Å²) in [6, 6.07) is 7.90. The number of hydrogen-bond acceptors (Lipinski definition) is 2. The first kappa shape index (κ1) is 12.3. The summed E-state index contributed by atoms with van der Waals surface area (Å²) in [7, 11) is 0. The van der Waals surface area contributed by atoms with E-state index in [2.05, 4.69) is 27.8 Å². The summed E-state index contributed by atoms with van der Waals surface area (Å²) < 4.78 is 6.29. The maximum Gasteiger partial charge on any atom is 0.254 e. The molecule has 1 aromatic carbocycles. The molecule has 90 valence electrons. The Labute approximate surface area is 109 Å². The van der Waals surface area contributed by atoms with Crippen molar-refractivity contribution in [2.75, 3.05) is 13.2 Å². The van der Waals surface area contributed by atoms with Crippen LogP contribution in [0.2, 0.25) is 0 Å². The van der Waals surface area contributed by atoms with E-state index in [0.29, 0.717) is 13.2 Å². The lowest BCUT2D eigenvalue weighted by atomic mass is 9.97. The van der Waals surface area contributed by atoms with Crippen molar-refractivity contribution in [3.63, 3.8) is 0 Å². The predicted molar refractivity (Wildman–Crippen MR) is 69.9 cm³/mol. The molecule has 1 aliphatic rings. The van der Waals surface area contributed by atoms with Gasteiger partial charge in [0, 0.05) is 11.0 Å². The molecule has 0 saturated carbocycles. The molecule has 3 nitrogen and oxygen atoms in total. The van der Waals surface area contributed by atoms with Crippen molar-refractivity contribution in [1.82, 2.24) is 5.32 Å². The normalized spacial score (nSPS) is 18.3. The molecule has 0 saturated heterocycles. The van der Waals surface area contributed by atoms with Gasteiger partial charge in [-0.2, -0.15) is 0 Å². The number of fused-ring (bicyclic) bond motifs is 1. The Balaban J connectivity index is 2.12. The van der Waals surface area contributed by atoms with Gasteiger partial charge in [0.2, 0.25) is 0 Å². The number of ether oxygens (including phenoxy) is 1. The molecule has 1 N–H and O–H groups in total. The summed E-state index contributed by atoms with van der Waals surface area (Å²) >= 11 is 3.21. The first-order chi connectivity index (χ1) is 8.18. The molecule has 0 radical (unpaired) electrons. The highest BCUT2D eigenvalue weighted by atomic mass is 79.9. The van der Waals surface area contributed by atoms with Crippen molar-refractivity contribution >= 4 is 21.8 Å². The van der Waals surface area contributed by atoms with Crippen molar-refractivity contribution in [2.24, 2.45) is 0 Å². The van der Waals surface area contributed by atoms with Gasteiger partial charge in [0.1, 0.15) is 0 Å². The Morgan fingerprint density at radius 2 is 2.29 bits per heavy atom. The summed E-state index contributed by atoms with van der Waals surface area (Å²) in [5.74, 6) is -0.113. The maximum absolute atomic E-state index is 12.0. The van der Waals surface area contributed by atoms with Gasteiger partial charge in [-0.05, 0) is 17.5 Å². The predicted octanol–water partition coefficient (Wildman–Crippen LogP) is 2.33. The monoisotopic (exact) mass is 295 g/mol. The van der Waals surface area contributed by atoms with Gasteiger partial charge in [-0.25, -0.2) is 0 Å². The Morgan fingerprint density at radius 1 is 1.53 bits per heavy atom. The second-order valence-corrected chi connectivity index (χ2v) is 5.06. The van der Waals surface area contributed by atoms with Gasteiger partial charge < -0.3 is 10.1 Å². The third kappa shape index (κ3) is 2.96. The van der Waals surface area contributed by atoms with Crippen molar-refractivity contribution < 1.29 is 9.53 Å². The van der Waals surface area contributed by atoms with Crippen LogP contribution in [0.1, 0.15) is 17.2 Å². The van der Waals surface area contributed by atoms with E-state index in [1.54, 1.807) is 0 Å². The molecule has 0 aromatic heterocycles. The van der Waals surface area contributed by atoms with Crippen LogP contribution in [0.15, 0.2) is 35.3 Å². The Bertz CT molecular complexity index is 445. The van der Waals surface area contributed by atoms with Gasteiger partial charge >= 0.3 is 0 Å². The molecule has 0 spiro atoms. The number of amides is 1. The lowest BCUT2D eigenvalue weighted by Crippen LogP contribution is -2.34. The van der Waals surface area contributed by atoms with Crippen LogP contribution in [0.4, 0.5) is 0 Å². The Kier molecular flexibility index (Phi) is 3.97. The SMILES string of the molecule is C=C(Br)CNC(=O)C1OCCc2ccccc21. The lowest BCUT2D eigenvalue weighted by Gasteiger charge is -2.25. The molecule has 1 atom stereocenters. The maximum atomic E-state index is 12.0. The molecule has 0 fully saturated rings. The molecule has 4 heteroatoms. The van der Waals surface area contributed by atoms with E-state index in [1.165, 1.54) is 5.56 Å². The fraction of sp³-hybridized carbons (Fsp3) is 0.308. The van der Waals surface area contributed by atoms with Crippen LogP contribution in [0.5, 0.6) is 0 Å². The average molecular weight is 296 g/mol. The van der Waals surface area contributed by atoms with Crippen LogP contribution in [-0.4, -0.2) is 19.1 Å². The molecule has 0 aliphatic carbocycles. The second kappa shape index (κ2) is 5.47. The fourth-order valence-corrected chi connectivity index (χ4v) is 2.03. The smallest absolute Gasteiger partial charge is 0.254 e. The third-order valence-electron chi connectivity index (χ3n) is 2.69. The van der Waals surface area contributed by atoms with E-state index in [9.17, 15) is 4.79 Å². The molecule has 1 amide bonds. The number of carbonyl (C=O) groups excluding carboxylic acids is 1. The van der Waals surface area contributed by atoms with Crippen LogP contribution in [-0.2, 0) is 16.0 Å². The summed E-state index contributed by atoms with van der Waals surface area (Å²) in [6.07, 6.45) is 0.372. The Hall–Kier alpha value is -1.13. The number of benzene rings is 1. The largest absolute Gasteiger partial charge is 0.363 e. The van der Waals surface area contributed by atoms with E-state index in [1.807, 2.05) is 24.3 Å². The zero-order valence-corrected chi connectivity index (χ0v) is 11.0. The van der Waals surface area contributed by atoms with Crippen molar-refractivity contribution in [1.29, 1.82) is 0 Å². The van der Waals surface area contributed by atoms with Crippen LogP contribution in [0.25, 0.3) is 0 Å². The minimum atomic E-state index is -0.494.